The molecule has 2 rings (SSSR count). The highest BCUT2D eigenvalue weighted by atomic mass is 16.4. The van der Waals surface area contributed by atoms with Gasteiger partial charge in [-0.1, -0.05) is 0 Å². The summed E-state index contributed by atoms with van der Waals surface area (Å²) in [6, 6.07) is 0. The zero-order valence-corrected chi connectivity index (χ0v) is 8.06. The zero-order chi connectivity index (χ0) is 10.5. The SMILES string of the molecule is C[C@]1(C(=O)O)C2CCC(C2)[C@H]1C(=O)O. The van der Waals surface area contributed by atoms with Crippen molar-refractivity contribution in [1.82, 2.24) is 0 Å². The van der Waals surface area contributed by atoms with Crippen molar-refractivity contribution in [2.75, 3.05) is 0 Å². The number of carbonyl (C=O) groups is 2. The first-order chi connectivity index (χ1) is 6.48. The fourth-order valence-corrected chi connectivity index (χ4v) is 3.37. The van der Waals surface area contributed by atoms with Gasteiger partial charge in [-0.2, -0.15) is 0 Å². The molecule has 2 unspecified atom stereocenters. The normalized spacial score (nSPS) is 45.4. The van der Waals surface area contributed by atoms with Gasteiger partial charge in [0.25, 0.3) is 0 Å². The Morgan fingerprint density at radius 1 is 1.29 bits per heavy atom. The molecule has 0 saturated heterocycles. The molecule has 0 amide bonds. The van der Waals surface area contributed by atoms with Crippen molar-refractivity contribution in [2.45, 2.75) is 26.2 Å². The molecule has 0 heterocycles. The second kappa shape index (κ2) is 2.72. The minimum Gasteiger partial charge on any atom is -0.481 e. The van der Waals surface area contributed by atoms with Crippen LogP contribution in [-0.4, -0.2) is 22.2 Å². The third-order valence-electron chi connectivity index (χ3n) is 4.17. The van der Waals surface area contributed by atoms with Crippen LogP contribution in [0, 0.1) is 23.2 Å². The molecule has 2 saturated carbocycles. The molecule has 0 aromatic carbocycles. The number of carboxylic acids is 2. The molecule has 78 valence electrons. The maximum Gasteiger partial charge on any atom is 0.310 e. The predicted octanol–water partition coefficient (Wildman–Crippen LogP) is 1.21. The summed E-state index contributed by atoms with van der Waals surface area (Å²) in [6.07, 6.45) is 2.53. The van der Waals surface area contributed by atoms with E-state index in [0.717, 1.165) is 19.3 Å². The average molecular weight is 198 g/mol. The van der Waals surface area contributed by atoms with Gasteiger partial charge in [0.2, 0.25) is 0 Å². The lowest BCUT2D eigenvalue weighted by Crippen LogP contribution is -2.44. The first-order valence-corrected chi connectivity index (χ1v) is 4.94. The Morgan fingerprint density at radius 3 is 2.36 bits per heavy atom. The topological polar surface area (TPSA) is 74.6 Å². The van der Waals surface area contributed by atoms with Crippen LogP contribution in [0.15, 0.2) is 0 Å². The van der Waals surface area contributed by atoms with Gasteiger partial charge in [0.15, 0.2) is 0 Å². The summed E-state index contributed by atoms with van der Waals surface area (Å²) < 4.78 is 0. The molecule has 0 aliphatic heterocycles. The third kappa shape index (κ3) is 0.938. The lowest BCUT2D eigenvalue weighted by molar-refractivity contribution is -0.165. The monoisotopic (exact) mass is 198 g/mol. The predicted molar refractivity (Wildman–Crippen MR) is 47.7 cm³/mol. The second-order valence-electron chi connectivity index (χ2n) is 4.67. The summed E-state index contributed by atoms with van der Waals surface area (Å²) in [5.74, 6) is -2.43. The fourth-order valence-electron chi connectivity index (χ4n) is 3.37. The molecule has 2 aliphatic carbocycles. The van der Waals surface area contributed by atoms with Crippen molar-refractivity contribution < 1.29 is 19.8 Å². The lowest BCUT2D eigenvalue weighted by Gasteiger charge is -2.34. The van der Waals surface area contributed by atoms with Crippen LogP contribution in [-0.2, 0) is 9.59 Å². The van der Waals surface area contributed by atoms with Crippen molar-refractivity contribution in [3.8, 4) is 0 Å². The molecule has 4 nitrogen and oxygen atoms in total. The van der Waals surface area contributed by atoms with Gasteiger partial charge in [0, 0.05) is 0 Å². The highest BCUT2D eigenvalue weighted by molar-refractivity contribution is 5.84. The van der Waals surface area contributed by atoms with Crippen molar-refractivity contribution in [3.63, 3.8) is 0 Å². The molecule has 4 heteroatoms. The molecule has 4 atom stereocenters. The van der Waals surface area contributed by atoms with Crippen LogP contribution in [0.4, 0.5) is 0 Å². The van der Waals surface area contributed by atoms with E-state index < -0.39 is 23.3 Å². The quantitative estimate of drug-likeness (QED) is 0.699. The van der Waals surface area contributed by atoms with Crippen LogP contribution in [0.5, 0.6) is 0 Å². The fraction of sp³-hybridized carbons (Fsp3) is 0.800. The van der Waals surface area contributed by atoms with E-state index in [2.05, 4.69) is 0 Å². The molecule has 2 bridgehead atoms. The maximum atomic E-state index is 11.2. The van der Waals surface area contributed by atoms with Gasteiger partial charge in [-0.15, -0.1) is 0 Å². The van der Waals surface area contributed by atoms with Crippen LogP contribution in [0.2, 0.25) is 0 Å². The highest BCUT2D eigenvalue weighted by Gasteiger charge is 2.62. The summed E-state index contributed by atoms with van der Waals surface area (Å²) in [4.78, 5) is 22.2. The van der Waals surface area contributed by atoms with Crippen LogP contribution in [0.25, 0.3) is 0 Å². The van der Waals surface area contributed by atoms with E-state index in [1.165, 1.54) is 0 Å². The molecular weight excluding hydrogens is 184 g/mol. The number of rotatable bonds is 2. The maximum absolute atomic E-state index is 11.2. The van der Waals surface area contributed by atoms with Crippen LogP contribution >= 0.6 is 0 Å². The van der Waals surface area contributed by atoms with Crippen LogP contribution in [0.1, 0.15) is 26.2 Å². The van der Waals surface area contributed by atoms with Gasteiger partial charge < -0.3 is 10.2 Å². The van der Waals surface area contributed by atoms with Gasteiger partial charge in [0.05, 0.1) is 11.3 Å². The summed E-state index contributed by atoms with van der Waals surface area (Å²) in [6.45, 7) is 1.60. The minimum absolute atomic E-state index is 0.0612. The number of hydrogen-bond acceptors (Lipinski definition) is 2. The largest absolute Gasteiger partial charge is 0.481 e. The summed E-state index contributed by atoms with van der Waals surface area (Å²) in [5.41, 5.74) is -1.03. The Morgan fingerprint density at radius 2 is 1.93 bits per heavy atom. The Labute approximate surface area is 81.9 Å². The molecule has 2 N–H and O–H groups in total. The van der Waals surface area contributed by atoms with E-state index in [9.17, 15) is 9.59 Å². The molecule has 0 radical (unpaired) electrons. The first kappa shape index (κ1) is 9.49. The summed E-state index contributed by atoms with van der Waals surface area (Å²) >= 11 is 0. The van der Waals surface area contributed by atoms with Crippen LogP contribution in [0.3, 0.4) is 0 Å². The molecular formula is C10H14O4. The Balaban J connectivity index is 2.39. The summed E-state index contributed by atoms with van der Waals surface area (Å²) in [5, 5.41) is 18.2. The number of fused-ring (bicyclic) bond motifs is 2. The van der Waals surface area contributed by atoms with Gasteiger partial charge >= 0.3 is 11.9 Å². The van der Waals surface area contributed by atoms with Crippen molar-refractivity contribution in [2.24, 2.45) is 23.2 Å². The van der Waals surface area contributed by atoms with E-state index in [-0.39, 0.29) is 11.8 Å². The van der Waals surface area contributed by atoms with Crippen molar-refractivity contribution >= 4 is 11.9 Å². The molecule has 2 aliphatic rings. The number of carboxylic acid groups (broad SMARTS) is 2. The van der Waals surface area contributed by atoms with Crippen molar-refractivity contribution in [1.29, 1.82) is 0 Å². The molecule has 2 fully saturated rings. The third-order valence-corrected chi connectivity index (χ3v) is 4.17. The van der Waals surface area contributed by atoms with Gasteiger partial charge in [-0.3, -0.25) is 9.59 Å². The smallest absolute Gasteiger partial charge is 0.310 e. The Bertz CT molecular complexity index is 298. The van der Waals surface area contributed by atoms with E-state index in [0.29, 0.717) is 0 Å². The van der Waals surface area contributed by atoms with E-state index in [1.807, 2.05) is 0 Å². The molecule has 0 spiro atoms. The lowest BCUT2D eigenvalue weighted by atomic mass is 9.67. The Kier molecular flexibility index (Phi) is 1.84. The summed E-state index contributed by atoms with van der Waals surface area (Å²) in [7, 11) is 0. The molecule has 0 aromatic rings. The standard InChI is InChI=1S/C10H14O4/c1-10(9(13)14)6-3-2-5(4-6)7(10)8(11)12/h5-7H,2-4H2,1H3,(H,11,12)(H,13,14)/t5?,6?,7-,10-/m0/s1. The van der Waals surface area contributed by atoms with E-state index in [4.69, 9.17) is 10.2 Å². The van der Waals surface area contributed by atoms with E-state index in [1.54, 1.807) is 6.92 Å². The number of aliphatic carboxylic acids is 2. The molecule has 0 aromatic heterocycles. The van der Waals surface area contributed by atoms with Crippen LogP contribution < -0.4 is 0 Å². The Hall–Kier alpha value is -1.06. The second-order valence-corrected chi connectivity index (χ2v) is 4.67. The van der Waals surface area contributed by atoms with Gasteiger partial charge in [0.1, 0.15) is 0 Å². The van der Waals surface area contributed by atoms with Gasteiger partial charge in [-0.05, 0) is 38.0 Å². The highest BCUT2D eigenvalue weighted by Crippen LogP contribution is 2.59. The average Bonchev–Trinajstić information content (AvgIpc) is 2.61. The molecule has 14 heavy (non-hydrogen) atoms. The van der Waals surface area contributed by atoms with E-state index >= 15 is 0 Å². The first-order valence-electron chi connectivity index (χ1n) is 4.94. The minimum atomic E-state index is -1.03. The van der Waals surface area contributed by atoms with Crippen molar-refractivity contribution in [3.05, 3.63) is 0 Å². The van der Waals surface area contributed by atoms with Gasteiger partial charge in [-0.25, -0.2) is 0 Å². The number of hydrogen-bond donors (Lipinski definition) is 2. The zero-order valence-electron chi connectivity index (χ0n) is 8.06.